The Morgan fingerprint density at radius 2 is 1.26 bits per heavy atom. The van der Waals surface area contributed by atoms with E-state index < -0.39 is 42.1 Å². The van der Waals surface area contributed by atoms with Gasteiger partial charge in [0.1, 0.15) is 34.3 Å². The van der Waals surface area contributed by atoms with E-state index in [9.17, 15) is 5.11 Å². The highest BCUT2D eigenvalue weighted by atomic mass is 28.4. The Morgan fingerprint density at radius 3 is 1.77 bits per heavy atom. The fourth-order valence-corrected chi connectivity index (χ4v) is 9.22. The van der Waals surface area contributed by atoms with Crippen LogP contribution in [0.4, 0.5) is 0 Å². The minimum atomic E-state index is -2.78. The van der Waals surface area contributed by atoms with Crippen LogP contribution in [0.2, 0.25) is 54.4 Å². The number of ether oxygens (including phenoxy) is 2. The molecule has 4 rings (SSSR count). The molecule has 2 aliphatic heterocycles. The third-order valence-electron chi connectivity index (χ3n) is 12.4. The van der Waals surface area contributed by atoms with Crippen LogP contribution in [0.15, 0.2) is 47.6 Å². The molecule has 2 aromatic rings. The van der Waals surface area contributed by atoms with Crippen LogP contribution in [0.5, 0.6) is 28.7 Å². The van der Waals surface area contributed by atoms with E-state index in [0.717, 1.165) is 11.1 Å². The van der Waals surface area contributed by atoms with Crippen molar-refractivity contribution in [3.05, 3.63) is 64.3 Å². The van der Waals surface area contributed by atoms with Crippen molar-refractivity contribution in [1.82, 2.24) is 0 Å². The van der Waals surface area contributed by atoms with Crippen molar-refractivity contribution in [2.75, 3.05) is 0 Å². The van der Waals surface area contributed by atoms with E-state index in [2.05, 4.69) is 108 Å². The first-order valence-corrected chi connectivity index (χ1v) is 27.9. The molecule has 0 saturated carbocycles. The maximum atomic E-state index is 15.7. The van der Waals surface area contributed by atoms with Crippen LogP contribution in [0.1, 0.15) is 118 Å². The van der Waals surface area contributed by atoms with Gasteiger partial charge in [0.25, 0.3) is 0 Å². The van der Waals surface area contributed by atoms with Crippen molar-refractivity contribution in [1.29, 1.82) is 0 Å². The minimum absolute atomic E-state index is 0.0240. The van der Waals surface area contributed by atoms with Crippen LogP contribution < -0.4 is 18.3 Å². The highest BCUT2D eigenvalue weighted by Gasteiger charge is 2.73. The zero-order valence-electron chi connectivity index (χ0n) is 36.3. The molecule has 2 atom stereocenters. The smallest absolute Gasteiger partial charge is 0.311 e. The normalized spacial score (nSPS) is 20.4. The maximum absolute atomic E-state index is 15.7. The van der Waals surface area contributed by atoms with Gasteiger partial charge in [0.15, 0.2) is 8.32 Å². The van der Waals surface area contributed by atoms with Crippen LogP contribution in [0.3, 0.4) is 0 Å². The zero-order chi connectivity index (χ0) is 40.5. The van der Waals surface area contributed by atoms with E-state index in [1.54, 1.807) is 0 Å². The molecule has 0 amide bonds. The molecule has 1 N–H and O–H groups in total. The number of Topliss-reactive ketones (excluding diaryl/α,β-unsaturated/α-hetero) is 1. The summed E-state index contributed by atoms with van der Waals surface area (Å²) in [4.78, 5) is 15.7. The van der Waals surface area contributed by atoms with Gasteiger partial charge in [-0.3, -0.25) is 4.79 Å². The Bertz CT molecular complexity index is 1810. The molecule has 2 aromatic carbocycles. The molecule has 2 aliphatic rings. The van der Waals surface area contributed by atoms with Crippen molar-refractivity contribution >= 4 is 30.7 Å². The highest BCUT2D eigenvalue weighted by molar-refractivity contribution is 6.75. The lowest BCUT2D eigenvalue weighted by Crippen LogP contribution is -2.68. The van der Waals surface area contributed by atoms with Crippen molar-refractivity contribution in [3.8, 4) is 28.7 Å². The maximum Gasteiger partial charge on any atom is 0.311 e. The van der Waals surface area contributed by atoms with E-state index in [-0.39, 0.29) is 32.2 Å². The third kappa shape index (κ3) is 7.71. The number of rotatable bonds is 10. The molecule has 0 radical (unpaired) electrons. The Kier molecular flexibility index (Phi) is 11.1. The zero-order valence-corrected chi connectivity index (χ0v) is 39.3. The predicted octanol–water partition coefficient (Wildman–Crippen LogP) is 12.6. The summed E-state index contributed by atoms with van der Waals surface area (Å²) in [5.41, 5.74) is 2.04. The number of aromatic hydroxyl groups is 1. The van der Waals surface area contributed by atoms with E-state index in [0.29, 0.717) is 41.2 Å². The average Bonchev–Trinajstić information content (AvgIpc) is 3.22. The number of carbonyl (C=O) groups excluding carboxylic acids is 1. The fourth-order valence-electron chi connectivity index (χ4n) is 5.83. The Balaban J connectivity index is 2.11. The van der Waals surface area contributed by atoms with Gasteiger partial charge in [0, 0.05) is 29.7 Å². The monoisotopic (exact) mass is 780 g/mol. The summed E-state index contributed by atoms with van der Waals surface area (Å²) in [7, 11) is -7.39. The first-order chi connectivity index (χ1) is 23.8. The molecule has 0 unspecified atom stereocenters. The molecular weight excluding hydrogens is 713 g/mol. The summed E-state index contributed by atoms with van der Waals surface area (Å²) in [6.07, 6.45) is 4.80. The van der Waals surface area contributed by atoms with Gasteiger partial charge in [0.2, 0.25) is 28.0 Å². The van der Waals surface area contributed by atoms with Crippen LogP contribution in [-0.2, 0) is 16.4 Å². The molecule has 53 heavy (non-hydrogen) atoms. The largest absolute Gasteiger partial charge is 0.543 e. The molecular formula is C43H68O7Si3. The molecule has 0 bridgehead atoms. The van der Waals surface area contributed by atoms with Gasteiger partial charge >= 0.3 is 5.79 Å². The first kappa shape index (κ1) is 42.9. The standard InChI is InChI=1S/C43H68O7Si3/c1-28(2)20-22-31-33(49-52(16,17)40(8,9)10)27-35-36(37(31)44)38(45)43(50-53(18,19)41(11,12)13)42(46-35,25-24-29(3)4)32-23-21-30(26-34(32)47-43)48-51(14,15)39(5,6)7/h20-21,23-24,26-27,44H,22,25H2,1-19H3/t42-,43+/m1/s1. The quantitative estimate of drug-likeness (QED) is 0.190. The number of phenols is 1. The molecule has 0 spiro atoms. The summed E-state index contributed by atoms with van der Waals surface area (Å²) in [6, 6.07) is 7.66. The number of ketones is 1. The summed E-state index contributed by atoms with van der Waals surface area (Å²) >= 11 is 0. The number of phenolic OH excluding ortho intramolecular Hbond substituents is 1. The van der Waals surface area contributed by atoms with Crippen LogP contribution in [0.25, 0.3) is 0 Å². The summed E-state index contributed by atoms with van der Waals surface area (Å²) in [5.74, 6) is -0.596. The highest BCUT2D eigenvalue weighted by Crippen LogP contribution is 2.62. The van der Waals surface area contributed by atoms with Gasteiger partial charge in [-0.25, -0.2) is 0 Å². The number of hydrogen-bond acceptors (Lipinski definition) is 7. The van der Waals surface area contributed by atoms with Crippen LogP contribution in [0, 0.1) is 0 Å². The SMILES string of the molecule is CC(C)=CCc1c(O[Si](C)(C)C(C)(C)C)cc2c(c1O)C(=O)[C@@]1(O[Si](C)(C)C(C)(C)C)Oc3cc(O[Si](C)(C)C(C)(C)C)ccc3[C@@]1(CC=C(C)C)O2. The lowest BCUT2D eigenvalue weighted by Gasteiger charge is -2.51. The average molecular weight is 781 g/mol. The third-order valence-corrected chi connectivity index (χ3v) is 25.5. The molecule has 0 aromatic heterocycles. The second kappa shape index (κ2) is 13.7. The van der Waals surface area contributed by atoms with E-state index in [4.69, 9.17) is 22.8 Å². The molecule has 294 valence electrons. The number of fused-ring (bicyclic) bond motifs is 4. The Morgan fingerprint density at radius 1 is 0.736 bits per heavy atom. The van der Waals surface area contributed by atoms with Crippen LogP contribution in [-0.4, -0.2) is 41.6 Å². The van der Waals surface area contributed by atoms with Gasteiger partial charge in [0.05, 0.1) is 0 Å². The van der Waals surface area contributed by atoms with Crippen molar-refractivity contribution in [3.63, 3.8) is 0 Å². The van der Waals surface area contributed by atoms with Gasteiger partial charge < -0.3 is 27.9 Å². The molecule has 10 heteroatoms. The fraction of sp³-hybridized carbons (Fsp3) is 0.605. The van der Waals surface area contributed by atoms with Crippen molar-refractivity contribution < 1.29 is 32.7 Å². The number of benzene rings is 2. The minimum Gasteiger partial charge on any atom is -0.543 e. The lowest BCUT2D eigenvalue weighted by atomic mass is 9.77. The Labute approximate surface area is 323 Å². The topological polar surface area (TPSA) is 83.5 Å². The molecule has 0 aliphatic carbocycles. The molecule has 0 fully saturated rings. The first-order valence-electron chi connectivity index (χ1n) is 19.1. The summed E-state index contributed by atoms with van der Waals surface area (Å²) < 4.78 is 35.3. The van der Waals surface area contributed by atoms with E-state index >= 15 is 4.79 Å². The van der Waals surface area contributed by atoms with Gasteiger partial charge in [-0.2, -0.15) is 0 Å². The van der Waals surface area contributed by atoms with Crippen molar-refractivity contribution in [2.24, 2.45) is 0 Å². The number of allylic oxidation sites excluding steroid dienone is 3. The van der Waals surface area contributed by atoms with E-state index in [1.807, 2.05) is 58.0 Å². The second-order valence-corrected chi connectivity index (χ2v) is 34.4. The van der Waals surface area contributed by atoms with Gasteiger partial charge in [-0.15, -0.1) is 0 Å². The molecule has 0 saturated heterocycles. The predicted molar refractivity (Wildman–Crippen MR) is 226 cm³/mol. The number of hydrogen-bond donors (Lipinski definition) is 1. The Hall–Kier alpha value is -2.80. The van der Waals surface area contributed by atoms with Gasteiger partial charge in [-0.1, -0.05) is 85.6 Å². The van der Waals surface area contributed by atoms with Crippen LogP contribution >= 0.6 is 0 Å². The molecule has 7 nitrogen and oxygen atoms in total. The summed E-state index contributed by atoms with van der Waals surface area (Å²) in [5, 5.41) is 11.9. The lowest BCUT2D eigenvalue weighted by molar-refractivity contribution is -0.192. The van der Waals surface area contributed by atoms with Gasteiger partial charge in [-0.05, 0) is 101 Å². The molecule has 2 heterocycles. The number of carbonyl (C=O) groups is 1. The van der Waals surface area contributed by atoms with Crippen molar-refractivity contribution in [2.45, 2.75) is 169 Å². The summed E-state index contributed by atoms with van der Waals surface area (Å²) in [6.45, 7) is 40.7. The second-order valence-electron chi connectivity index (χ2n) is 20.3. The van der Waals surface area contributed by atoms with E-state index in [1.165, 1.54) is 0 Å².